The fourth-order valence-corrected chi connectivity index (χ4v) is 0.744. The minimum Gasteiger partial charge on any atom is -0.349 e. The maximum atomic E-state index is 2.24. The van der Waals surface area contributed by atoms with Crippen molar-refractivity contribution in [1.82, 2.24) is 4.81 Å². The molecule has 1 aliphatic rings. The first-order valence-corrected chi connectivity index (χ1v) is 2.43. The zero-order chi connectivity index (χ0) is 4.41. The topological polar surface area (TPSA) is 3.24 Å². The van der Waals surface area contributed by atoms with Crippen LogP contribution in [-0.4, -0.2) is 25.8 Å². The first-order chi connectivity index (χ1) is 2.89. The highest BCUT2D eigenvalue weighted by molar-refractivity contribution is 6.32. The van der Waals surface area contributed by atoms with E-state index in [0.717, 1.165) is 0 Å². The van der Waals surface area contributed by atoms with Gasteiger partial charge in [-0.15, -0.1) is 0 Å². The van der Waals surface area contributed by atoms with E-state index in [1.165, 1.54) is 19.3 Å². The van der Waals surface area contributed by atoms with Gasteiger partial charge in [0, 0.05) is 0 Å². The molecule has 0 amide bonds. The van der Waals surface area contributed by atoms with Crippen LogP contribution in [0.15, 0.2) is 0 Å². The lowest BCUT2D eigenvalue weighted by atomic mass is 9.92. The number of hydrogen-bond acceptors (Lipinski definition) is 1. The van der Waals surface area contributed by atoms with Crippen LogP contribution in [0, 0.1) is 0 Å². The third-order valence-electron chi connectivity index (χ3n) is 1.16. The summed E-state index contributed by atoms with van der Waals surface area (Å²) >= 11 is 0. The van der Waals surface area contributed by atoms with Crippen LogP contribution in [-0.2, 0) is 0 Å². The Bertz CT molecular complexity index is 40.8. The van der Waals surface area contributed by atoms with Crippen molar-refractivity contribution in [2.45, 2.75) is 12.7 Å². The predicted molar refractivity (Wildman–Crippen MR) is 27.8 cm³/mol. The molecule has 1 aliphatic heterocycles. The number of rotatable bonds is 0. The third-order valence-corrected chi connectivity index (χ3v) is 1.16. The van der Waals surface area contributed by atoms with Crippen LogP contribution in [0.2, 0.25) is 6.32 Å². The summed E-state index contributed by atoms with van der Waals surface area (Å²) in [6, 6.07) is 0. The van der Waals surface area contributed by atoms with Gasteiger partial charge in [0.1, 0.15) is 0 Å². The Labute approximate surface area is 39.6 Å². The quantitative estimate of drug-likeness (QED) is 0.381. The van der Waals surface area contributed by atoms with Crippen LogP contribution in [0.3, 0.4) is 0 Å². The molecule has 0 atom stereocenters. The maximum absolute atomic E-state index is 2.24. The molecular weight excluding hydrogens is 72.9 g/mol. The Balaban J connectivity index is 2.18. The molecule has 0 bridgehead atoms. The largest absolute Gasteiger partial charge is 0.349 e. The minimum atomic E-state index is 1.26. The molecule has 1 nitrogen and oxygen atoms in total. The molecular formula is C4H9BN. The fourth-order valence-electron chi connectivity index (χ4n) is 0.744. The van der Waals surface area contributed by atoms with Gasteiger partial charge in [-0.25, -0.2) is 0 Å². The van der Waals surface area contributed by atoms with Gasteiger partial charge in [0.2, 0.25) is 7.41 Å². The monoisotopic (exact) mass is 82.1 g/mol. The molecule has 6 heavy (non-hydrogen) atoms. The highest BCUT2D eigenvalue weighted by Crippen LogP contribution is 2.00. The van der Waals surface area contributed by atoms with E-state index < -0.39 is 0 Å². The van der Waals surface area contributed by atoms with E-state index in [4.69, 9.17) is 0 Å². The lowest BCUT2D eigenvalue weighted by Crippen LogP contribution is -2.14. The maximum Gasteiger partial charge on any atom is 0.208 e. The molecule has 0 aliphatic carbocycles. The van der Waals surface area contributed by atoms with Crippen molar-refractivity contribution in [1.29, 1.82) is 0 Å². The predicted octanol–water partition coefficient (Wildman–Crippen LogP) is 0.359. The molecule has 33 valence electrons. The Morgan fingerprint density at radius 2 is 2.50 bits per heavy atom. The Morgan fingerprint density at radius 1 is 1.67 bits per heavy atom. The van der Waals surface area contributed by atoms with Gasteiger partial charge in [0.15, 0.2) is 0 Å². The summed E-state index contributed by atoms with van der Waals surface area (Å²) in [5.41, 5.74) is 0. The highest BCUT2D eigenvalue weighted by atomic mass is 15.0. The molecule has 0 N–H and O–H groups in total. The van der Waals surface area contributed by atoms with E-state index in [1.807, 2.05) is 0 Å². The molecule has 1 fully saturated rings. The molecule has 1 saturated heterocycles. The summed E-state index contributed by atoms with van der Waals surface area (Å²) in [7, 11) is 4.35. The normalized spacial score (nSPS) is 24.2. The van der Waals surface area contributed by atoms with Crippen molar-refractivity contribution in [3.05, 3.63) is 0 Å². The van der Waals surface area contributed by atoms with Crippen molar-refractivity contribution in [2.75, 3.05) is 13.6 Å². The summed E-state index contributed by atoms with van der Waals surface area (Å²) in [6.45, 7) is 1.26. The van der Waals surface area contributed by atoms with Crippen LogP contribution < -0.4 is 0 Å². The SMILES string of the molecule is CN1[B]CCC1. The summed E-state index contributed by atoms with van der Waals surface area (Å²) in [5, 5.41) is 0. The number of hydrogen-bond donors (Lipinski definition) is 0. The van der Waals surface area contributed by atoms with Gasteiger partial charge in [0.05, 0.1) is 0 Å². The van der Waals surface area contributed by atoms with Crippen LogP contribution in [0.1, 0.15) is 6.42 Å². The molecule has 0 aromatic heterocycles. The Hall–Kier alpha value is 0.0249. The van der Waals surface area contributed by atoms with Gasteiger partial charge < -0.3 is 4.81 Å². The van der Waals surface area contributed by atoms with Crippen molar-refractivity contribution >= 4 is 7.41 Å². The highest BCUT2D eigenvalue weighted by Gasteiger charge is 2.05. The van der Waals surface area contributed by atoms with E-state index in [-0.39, 0.29) is 0 Å². The summed E-state index contributed by atoms with van der Waals surface area (Å²) in [4.78, 5) is 2.24. The molecule has 1 radical (unpaired) electrons. The first kappa shape index (κ1) is 4.19. The van der Waals surface area contributed by atoms with E-state index in [0.29, 0.717) is 0 Å². The van der Waals surface area contributed by atoms with E-state index in [2.05, 4.69) is 19.3 Å². The zero-order valence-corrected chi connectivity index (χ0v) is 4.15. The van der Waals surface area contributed by atoms with Gasteiger partial charge in [0.25, 0.3) is 0 Å². The second kappa shape index (κ2) is 1.65. The van der Waals surface area contributed by atoms with Crippen molar-refractivity contribution in [3.8, 4) is 0 Å². The third kappa shape index (κ3) is 0.746. The summed E-state index contributed by atoms with van der Waals surface area (Å²) in [6.07, 6.45) is 2.65. The standard InChI is InChI=1S/C4H9BN/c1-6-4-2-3-5-6/h2-4H2,1H3. The van der Waals surface area contributed by atoms with Gasteiger partial charge in [-0.3, -0.25) is 0 Å². The lowest BCUT2D eigenvalue weighted by molar-refractivity contribution is 0.574. The average Bonchev–Trinajstić information content (AvgIpc) is 1.86. The molecule has 1 rings (SSSR count). The van der Waals surface area contributed by atoms with Crippen LogP contribution in [0.4, 0.5) is 0 Å². The Kier molecular flexibility index (Phi) is 1.15. The molecule has 0 saturated carbocycles. The first-order valence-electron chi connectivity index (χ1n) is 2.43. The summed E-state index contributed by atoms with van der Waals surface area (Å²) in [5.74, 6) is 0. The van der Waals surface area contributed by atoms with Crippen molar-refractivity contribution in [2.24, 2.45) is 0 Å². The molecule has 0 aromatic rings. The van der Waals surface area contributed by atoms with Crippen LogP contribution in [0.25, 0.3) is 0 Å². The van der Waals surface area contributed by atoms with E-state index in [9.17, 15) is 0 Å². The molecule has 0 aromatic carbocycles. The zero-order valence-electron chi connectivity index (χ0n) is 4.15. The second-order valence-corrected chi connectivity index (χ2v) is 1.81. The van der Waals surface area contributed by atoms with Gasteiger partial charge in [-0.05, 0) is 20.0 Å². The molecule has 1 heterocycles. The molecule has 2 heteroatoms. The molecule has 0 unspecified atom stereocenters. The number of nitrogens with zero attached hydrogens (tertiary/aromatic N) is 1. The lowest BCUT2D eigenvalue weighted by Gasteiger charge is -2.00. The minimum absolute atomic E-state index is 1.26. The van der Waals surface area contributed by atoms with E-state index >= 15 is 0 Å². The van der Waals surface area contributed by atoms with E-state index in [1.54, 1.807) is 0 Å². The van der Waals surface area contributed by atoms with Crippen LogP contribution in [0.5, 0.6) is 0 Å². The van der Waals surface area contributed by atoms with Gasteiger partial charge in [-0.2, -0.15) is 0 Å². The Morgan fingerprint density at radius 3 is 2.67 bits per heavy atom. The van der Waals surface area contributed by atoms with Crippen molar-refractivity contribution in [3.63, 3.8) is 0 Å². The summed E-state index contributed by atoms with van der Waals surface area (Å²) < 4.78 is 0. The average molecular weight is 81.9 g/mol. The second-order valence-electron chi connectivity index (χ2n) is 1.81. The van der Waals surface area contributed by atoms with Gasteiger partial charge >= 0.3 is 0 Å². The fraction of sp³-hybridized carbons (Fsp3) is 1.00. The van der Waals surface area contributed by atoms with Gasteiger partial charge in [-0.1, -0.05) is 6.32 Å². The molecule has 0 spiro atoms. The smallest absolute Gasteiger partial charge is 0.208 e. The van der Waals surface area contributed by atoms with Crippen molar-refractivity contribution < 1.29 is 0 Å². The van der Waals surface area contributed by atoms with Crippen LogP contribution >= 0.6 is 0 Å².